The zero-order valence-corrected chi connectivity index (χ0v) is 11.4. The maximum atomic E-state index is 11.0. The molecule has 0 radical (unpaired) electrons. The van der Waals surface area contributed by atoms with E-state index in [2.05, 4.69) is 5.10 Å². The normalized spacial score (nSPS) is 10.5. The fraction of sp³-hybridized carbons (Fsp3) is 0.286. The van der Waals surface area contributed by atoms with Crippen LogP contribution in [0.25, 0.3) is 11.3 Å². The summed E-state index contributed by atoms with van der Waals surface area (Å²) in [5.74, 6) is -0.296. The number of aromatic nitrogens is 2. The maximum absolute atomic E-state index is 11.0. The van der Waals surface area contributed by atoms with E-state index in [9.17, 15) is 4.79 Å². The number of aryl methyl sites for hydroxylation is 3. The lowest BCUT2D eigenvalue weighted by Crippen LogP contribution is -2.00. The minimum absolute atomic E-state index is 0.0266. The number of carboxylic acid groups (broad SMARTS) is 1. The molecule has 1 N–H and O–H groups in total. The summed E-state index contributed by atoms with van der Waals surface area (Å²) >= 11 is 0. The zero-order valence-electron chi connectivity index (χ0n) is 11.4. The summed E-state index contributed by atoms with van der Waals surface area (Å²) in [6, 6.07) is 5.55. The van der Waals surface area contributed by atoms with Crippen LogP contribution in [0.1, 0.15) is 21.6 Å². The summed E-state index contributed by atoms with van der Waals surface area (Å²) in [6.45, 7) is 3.95. The Labute approximate surface area is 111 Å². The van der Waals surface area contributed by atoms with Crippen molar-refractivity contribution < 1.29 is 14.6 Å². The molecule has 2 rings (SSSR count). The van der Waals surface area contributed by atoms with E-state index >= 15 is 0 Å². The number of aromatic carboxylic acids is 1. The van der Waals surface area contributed by atoms with Gasteiger partial charge in [0.05, 0.1) is 12.8 Å². The molecule has 5 heteroatoms. The quantitative estimate of drug-likeness (QED) is 0.920. The van der Waals surface area contributed by atoms with Gasteiger partial charge < -0.3 is 9.84 Å². The van der Waals surface area contributed by atoms with E-state index in [0.717, 1.165) is 28.1 Å². The molecule has 0 spiro atoms. The van der Waals surface area contributed by atoms with Gasteiger partial charge in [-0.05, 0) is 37.1 Å². The standard InChI is InChI=1S/C14H16N2O3/c1-8-5-9(2)13(19-4)10(6-8)12-7-11(14(17)18)15-16(12)3/h5-7H,1-4H3,(H,17,18). The van der Waals surface area contributed by atoms with Crippen molar-refractivity contribution in [2.75, 3.05) is 7.11 Å². The number of hydrogen-bond acceptors (Lipinski definition) is 3. The molecule has 1 heterocycles. The average molecular weight is 260 g/mol. The van der Waals surface area contributed by atoms with Gasteiger partial charge in [0.1, 0.15) is 5.75 Å². The van der Waals surface area contributed by atoms with Gasteiger partial charge in [0.2, 0.25) is 0 Å². The van der Waals surface area contributed by atoms with Crippen molar-refractivity contribution in [2.45, 2.75) is 13.8 Å². The highest BCUT2D eigenvalue weighted by Crippen LogP contribution is 2.34. The molecule has 19 heavy (non-hydrogen) atoms. The van der Waals surface area contributed by atoms with Gasteiger partial charge in [-0.2, -0.15) is 5.10 Å². The van der Waals surface area contributed by atoms with E-state index < -0.39 is 5.97 Å². The molecule has 0 aliphatic carbocycles. The van der Waals surface area contributed by atoms with Gasteiger partial charge in [-0.15, -0.1) is 0 Å². The van der Waals surface area contributed by atoms with E-state index in [4.69, 9.17) is 9.84 Å². The molecule has 0 fully saturated rings. The number of nitrogens with zero attached hydrogens (tertiary/aromatic N) is 2. The topological polar surface area (TPSA) is 64.3 Å². The Morgan fingerprint density at radius 3 is 2.53 bits per heavy atom. The minimum Gasteiger partial charge on any atom is -0.496 e. The van der Waals surface area contributed by atoms with E-state index in [1.54, 1.807) is 24.9 Å². The second kappa shape index (κ2) is 4.76. The first-order valence-electron chi connectivity index (χ1n) is 5.87. The summed E-state index contributed by atoms with van der Waals surface area (Å²) in [5, 5.41) is 13.0. The van der Waals surface area contributed by atoms with Crippen LogP contribution in [0, 0.1) is 13.8 Å². The van der Waals surface area contributed by atoms with Gasteiger partial charge in [-0.3, -0.25) is 4.68 Å². The van der Waals surface area contributed by atoms with Gasteiger partial charge in [-0.25, -0.2) is 4.79 Å². The lowest BCUT2D eigenvalue weighted by molar-refractivity contribution is 0.0689. The third kappa shape index (κ3) is 2.31. The third-order valence-electron chi connectivity index (χ3n) is 3.00. The minimum atomic E-state index is -1.04. The van der Waals surface area contributed by atoms with Gasteiger partial charge in [0, 0.05) is 12.6 Å². The second-order valence-electron chi connectivity index (χ2n) is 4.51. The summed E-state index contributed by atoms with van der Waals surface area (Å²) in [4.78, 5) is 11.0. The maximum Gasteiger partial charge on any atom is 0.356 e. The summed E-state index contributed by atoms with van der Waals surface area (Å²) in [7, 11) is 3.33. The molecule has 0 bridgehead atoms. The molecule has 0 saturated heterocycles. The predicted molar refractivity (Wildman–Crippen MR) is 71.6 cm³/mol. The fourth-order valence-corrected chi connectivity index (χ4v) is 2.24. The van der Waals surface area contributed by atoms with Crippen LogP contribution < -0.4 is 4.74 Å². The van der Waals surface area contributed by atoms with Gasteiger partial charge in [0.25, 0.3) is 0 Å². The molecule has 0 amide bonds. The third-order valence-corrected chi connectivity index (χ3v) is 3.00. The summed E-state index contributed by atoms with van der Waals surface area (Å²) in [5.41, 5.74) is 3.70. The molecule has 0 unspecified atom stereocenters. The molecule has 0 atom stereocenters. The van der Waals surface area contributed by atoms with E-state index in [-0.39, 0.29) is 5.69 Å². The van der Waals surface area contributed by atoms with Gasteiger partial charge >= 0.3 is 5.97 Å². The first-order chi connectivity index (χ1) is 8.93. The molecule has 0 aliphatic heterocycles. The smallest absolute Gasteiger partial charge is 0.356 e. The Morgan fingerprint density at radius 2 is 2.00 bits per heavy atom. The zero-order chi connectivity index (χ0) is 14.2. The summed E-state index contributed by atoms with van der Waals surface area (Å²) in [6.07, 6.45) is 0. The molecule has 1 aromatic carbocycles. The lowest BCUT2D eigenvalue weighted by Gasteiger charge is -2.12. The average Bonchev–Trinajstić information content (AvgIpc) is 2.70. The molecular formula is C14H16N2O3. The predicted octanol–water partition coefficient (Wildman–Crippen LogP) is 2.41. The summed E-state index contributed by atoms with van der Waals surface area (Å²) < 4.78 is 6.98. The van der Waals surface area contributed by atoms with Crippen molar-refractivity contribution in [1.82, 2.24) is 9.78 Å². The molecule has 1 aromatic heterocycles. The van der Waals surface area contributed by atoms with Crippen LogP contribution in [0.15, 0.2) is 18.2 Å². The second-order valence-corrected chi connectivity index (χ2v) is 4.51. The van der Waals surface area contributed by atoms with Crippen molar-refractivity contribution >= 4 is 5.97 Å². The van der Waals surface area contributed by atoms with Crippen LogP contribution in [0.2, 0.25) is 0 Å². The SMILES string of the molecule is COc1c(C)cc(C)cc1-c1cc(C(=O)O)nn1C. The Hall–Kier alpha value is -2.30. The highest BCUT2D eigenvalue weighted by molar-refractivity contribution is 5.87. The Bertz CT molecular complexity index is 644. The van der Waals surface area contributed by atoms with Crippen molar-refractivity contribution in [3.63, 3.8) is 0 Å². The highest BCUT2D eigenvalue weighted by atomic mass is 16.5. The number of rotatable bonds is 3. The van der Waals surface area contributed by atoms with Crippen LogP contribution in [-0.4, -0.2) is 28.0 Å². The molecular weight excluding hydrogens is 244 g/mol. The van der Waals surface area contributed by atoms with E-state index in [0.29, 0.717) is 0 Å². The van der Waals surface area contributed by atoms with Crippen LogP contribution in [0.5, 0.6) is 5.75 Å². The Balaban J connectivity index is 2.67. The van der Waals surface area contributed by atoms with Crippen molar-refractivity contribution in [3.05, 3.63) is 35.0 Å². The number of carbonyl (C=O) groups is 1. The van der Waals surface area contributed by atoms with Gasteiger partial charge in [-0.1, -0.05) is 6.07 Å². The number of benzene rings is 1. The van der Waals surface area contributed by atoms with Crippen LogP contribution >= 0.6 is 0 Å². The first-order valence-corrected chi connectivity index (χ1v) is 5.87. The number of carboxylic acids is 1. The first kappa shape index (κ1) is 13.1. The van der Waals surface area contributed by atoms with E-state index in [1.807, 2.05) is 26.0 Å². The monoisotopic (exact) mass is 260 g/mol. The van der Waals surface area contributed by atoms with Crippen LogP contribution in [0.3, 0.4) is 0 Å². The number of ether oxygens (including phenoxy) is 1. The highest BCUT2D eigenvalue weighted by Gasteiger charge is 2.17. The number of methoxy groups -OCH3 is 1. The largest absolute Gasteiger partial charge is 0.496 e. The lowest BCUT2D eigenvalue weighted by atomic mass is 10.0. The fourth-order valence-electron chi connectivity index (χ4n) is 2.24. The molecule has 5 nitrogen and oxygen atoms in total. The van der Waals surface area contributed by atoms with Crippen LogP contribution in [0.4, 0.5) is 0 Å². The van der Waals surface area contributed by atoms with Crippen molar-refractivity contribution in [1.29, 1.82) is 0 Å². The Kier molecular flexibility index (Phi) is 3.29. The number of hydrogen-bond donors (Lipinski definition) is 1. The molecule has 100 valence electrons. The van der Waals surface area contributed by atoms with Crippen molar-refractivity contribution in [2.24, 2.45) is 7.05 Å². The van der Waals surface area contributed by atoms with Crippen molar-refractivity contribution in [3.8, 4) is 17.0 Å². The van der Waals surface area contributed by atoms with Crippen LogP contribution in [-0.2, 0) is 7.05 Å². The molecule has 0 saturated carbocycles. The van der Waals surface area contributed by atoms with E-state index in [1.165, 1.54) is 0 Å². The van der Waals surface area contributed by atoms with Gasteiger partial charge in [0.15, 0.2) is 5.69 Å². The molecule has 2 aromatic rings. The molecule has 0 aliphatic rings. The Morgan fingerprint density at radius 1 is 1.32 bits per heavy atom.